The summed E-state index contributed by atoms with van der Waals surface area (Å²) in [7, 11) is -3.85. The van der Waals surface area contributed by atoms with Crippen molar-refractivity contribution in [2.45, 2.75) is 13.5 Å². The standard InChI is InChI=1S/C21H21N3O4S/c1-17-14-20(23-28-17)22-21(25)16-24(15-19-10-6-3-7-11-19)29(26,27)13-12-18-8-4-2-5-9-18/h2-14H,15-16H2,1H3,(H,22,23,25). The van der Waals surface area contributed by atoms with Crippen molar-refractivity contribution in [1.29, 1.82) is 0 Å². The van der Waals surface area contributed by atoms with E-state index < -0.39 is 15.9 Å². The molecule has 0 atom stereocenters. The number of aromatic nitrogens is 1. The minimum atomic E-state index is -3.85. The number of benzene rings is 2. The molecule has 1 aromatic heterocycles. The summed E-state index contributed by atoms with van der Waals surface area (Å²) in [6.07, 6.45) is 1.51. The number of hydrogen-bond acceptors (Lipinski definition) is 5. The van der Waals surface area contributed by atoms with Crippen molar-refractivity contribution in [3.8, 4) is 0 Å². The summed E-state index contributed by atoms with van der Waals surface area (Å²) in [6, 6.07) is 19.7. The van der Waals surface area contributed by atoms with E-state index in [1.54, 1.807) is 25.1 Å². The predicted molar refractivity (Wildman–Crippen MR) is 111 cm³/mol. The molecule has 0 aliphatic heterocycles. The molecule has 0 saturated heterocycles. The Morgan fingerprint density at radius 2 is 1.76 bits per heavy atom. The molecular weight excluding hydrogens is 390 g/mol. The second-order valence-electron chi connectivity index (χ2n) is 6.38. The molecule has 8 heteroatoms. The van der Waals surface area contributed by atoms with E-state index in [1.165, 1.54) is 6.08 Å². The summed E-state index contributed by atoms with van der Waals surface area (Å²) in [4.78, 5) is 12.4. The topological polar surface area (TPSA) is 92.5 Å². The first-order valence-corrected chi connectivity index (χ1v) is 10.4. The Bertz CT molecular complexity index is 1080. The maximum absolute atomic E-state index is 12.9. The quantitative estimate of drug-likeness (QED) is 0.613. The van der Waals surface area contributed by atoms with Gasteiger partial charge in [0.1, 0.15) is 5.76 Å². The zero-order chi connectivity index (χ0) is 20.7. The largest absolute Gasteiger partial charge is 0.360 e. The third kappa shape index (κ3) is 6.13. The van der Waals surface area contributed by atoms with E-state index in [1.807, 2.05) is 48.5 Å². The van der Waals surface area contributed by atoms with Gasteiger partial charge in [0, 0.05) is 18.0 Å². The lowest BCUT2D eigenvalue weighted by atomic mass is 10.2. The van der Waals surface area contributed by atoms with Gasteiger partial charge in [0.15, 0.2) is 5.82 Å². The first kappa shape index (κ1) is 20.5. The minimum Gasteiger partial charge on any atom is -0.360 e. The van der Waals surface area contributed by atoms with Crippen LogP contribution in [0.15, 0.2) is 76.7 Å². The molecule has 0 unspecified atom stereocenters. The molecule has 3 rings (SSSR count). The van der Waals surface area contributed by atoms with Crippen LogP contribution < -0.4 is 5.32 Å². The van der Waals surface area contributed by atoms with Crippen molar-refractivity contribution in [3.63, 3.8) is 0 Å². The van der Waals surface area contributed by atoms with E-state index in [4.69, 9.17) is 4.52 Å². The van der Waals surface area contributed by atoms with Crippen LogP contribution >= 0.6 is 0 Å². The summed E-state index contributed by atoms with van der Waals surface area (Å²) in [5.41, 5.74) is 1.52. The lowest BCUT2D eigenvalue weighted by Gasteiger charge is -2.19. The highest BCUT2D eigenvalue weighted by atomic mass is 32.2. The van der Waals surface area contributed by atoms with Gasteiger partial charge in [0.25, 0.3) is 0 Å². The molecule has 1 amide bonds. The number of carbonyl (C=O) groups excluding carboxylic acids is 1. The van der Waals surface area contributed by atoms with Crippen LogP contribution in [0.25, 0.3) is 6.08 Å². The molecule has 0 radical (unpaired) electrons. The second-order valence-corrected chi connectivity index (χ2v) is 8.20. The lowest BCUT2D eigenvalue weighted by molar-refractivity contribution is -0.116. The molecule has 29 heavy (non-hydrogen) atoms. The molecule has 0 saturated carbocycles. The first-order chi connectivity index (χ1) is 13.9. The third-order valence-electron chi connectivity index (χ3n) is 4.01. The van der Waals surface area contributed by atoms with Gasteiger partial charge in [-0.25, -0.2) is 8.42 Å². The fraction of sp³-hybridized carbons (Fsp3) is 0.143. The summed E-state index contributed by atoms with van der Waals surface area (Å²) in [5, 5.41) is 7.36. The maximum atomic E-state index is 12.9. The van der Waals surface area contributed by atoms with E-state index in [-0.39, 0.29) is 18.9 Å². The average molecular weight is 411 g/mol. The number of aryl methyl sites for hydroxylation is 1. The summed E-state index contributed by atoms with van der Waals surface area (Å²) >= 11 is 0. The number of anilines is 1. The molecule has 0 fully saturated rings. The zero-order valence-electron chi connectivity index (χ0n) is 15.9. The molecule has 0 bridgehead atoms. The van der Waals surface area contributed by atoms with Gasteiger partial charge in [-0.3, -0.25) is 4.79 Å². The Morgan fingerprint density at radius 1 is 1.10 bits per heavy atom. The van der Waals surface area contributed by atoms with Crippen LogP contribution in [0.2, 0.25) is 0 Å². The fourth-order valence-corrected chi connectivity index (χ4v) is 3.73. The number of nitrogens with one attached hydrogen (secondary N) is 1. The van der Waals surface area contributed by atoms with Gasteiger partial charge in [-0.05, 0) is 24.1 Å². The molecule has 150 valence electrons. The van der Waals surface area contributed by atoms with E-state index in [9.17, 15) is 13.2 Å². The second kappa shape index (κ2) is 9.31. The monoisotopic (exact) mass is 411 g/mol. The molecule has 0 spiro atoms. The number of amides is 1. The molecule has 1 heterocycles. The van der Waals surface area contributed by atoms with Crippen LogP contribution in [0, 0.1) is 6.92 Å². The minimum absolute atomic E-state index is 0.0631. The molecule has 2 aromatic carbocycles. The van der Waals surface area contributed by atoms with Gasteiger partial charge in [-0.15, -0.1) is 0 Å². The van der Waals surface area contributed by atoms with Crippen molar-refractivity contribution >= 4 is 27.8 Å². The fourth-order valence-electron chi connectivity index (χ4n) is 2.61. The van der Waals surface area contributed by atoms with Gasteiger partial charge in [0.2, 0.25) is 15.9 Å². The van der Waals surface area contributed by atoms with Crippen LogP contribution in [0.3, 0.4) is 0 Å². The molecule has 3 aromatic rings. The molecule has 0 aliphatic carbocycles. The Morgan fingerprint density at radius 3 is 2.38 bits per heavy atom. The van der Waals surface area contributed by atoms with Gasteiger partial charge in [-0.2, -0.15) is 4.31 Å². The Hall–Kier alpha value is -3.23. The van der Waals surface area contributed by atoms with Gasteiger partial charge in [-0.1, -0.05) is 65.8 Å². The number of carbonyl (C=O) groups is 1. The van der Waals surface area contributed by atoms with Crippen molar-refractivity contribution in [2.75, 3.05) is 11.9 Å². The normalized spacial score (nSPS) is 11.8. The van der Waals surface area contributed by atoms with E-state index in [2.05, 4.69) is 10.5 Å². The number of hydrogen-bond donors (Lipinski definition) is 1. The smallest absolute Gasteiger partial charge is 0.240 e. The van der Waals surface area contributed by atoms with Crippen LogP contribution in [-0.4, -0.2) is 30.3 Å². The Kier molecular flexibility index (Phi) is 6.58. The van der Waals surface area contributed by atoms with Crippen LogP contribution in [0.5, 0.6) is 0 Å². The lowest BCUT2D eigenvalue weighted by Crippen LogP contribution is -2.36. The SMILES string of the molecule is Cc1cc(NC(=O)CN(Cc2ccccc2)S(=O)(=O)C=Cc2ccccc2)no1. The highest BCUT2D eigenvalue weighted by Crippen LogP contribution is 2.14. The van der Waals surface area contributed by atoms with Gasteiger partial charge >= 0.3 is 0 Å². The molecule has 0 aliphatic rings. The summed E-state index contributed by atoms with van der Waals surface area (Å²) in [5.74, 6) is 0.273. The first-order valence-electron chi connectivity index (χ1n) is 8.93. The number of rotatable bonds is 8. The molecule has 1 N–H and O–H groups in total. The third-order valence-corrected chi connectivity index (χ3v) is 5.47. The van der Waals surface area contributed by atoms with Crippen molar-refractivity contribution < 1.29 is 17.7 Å². The summed E-state index contributed by atoms with van der Waals surface area (Å²) in [6.45, 7) is 1.40. The van der Waals surface area contributed by atoms with Crippen LogP contribution in [0.1, 0.15) is 16.9 Å². The van der Waals surface area contributed by atoms with Crippen molar-refractivity contribution in [2.24, 2.45) is 0 Å². The highest BCUT2D eigenvalue weighted by Gasteiger charge is 2.23. The van der Waals surface area contributed by atoms with E-state index in [0.29, 0.717) is 5.76 Å². The van der Waals surface area contributed by atoms with Crippen molar-refractivity contribution in [3.05, 3.63) is 89.0 Å². The van der Waals surface area contributed by atoms with Crippen LogP contribution in [0.4, 0.5) is 5.82 Å². The number of sulfonamides is 1. The Labute approximate surface area is 169 Å². The molecule has 7 nitrogen and oxygen atoms in total. The summed E-state index contributed by atoms with van der Waals surface area (Å²) < 4.78 is 31.9. The zero-order valence-corrected chi connectivity index (χ0v) is 16.7. The Balaban J connectivity index is 1.79. The maximum Gasteiger partial charge on any atom is 0.240 e. The van der Waals surface area contributed by atoms with Gasteiger partial charge in [0.05, 0.1) is 6.54 Å². The van der Waals surface area contributed by atoms with Gasteiger partial charge < -0.3 is 9.84 Å². The number of nitrogens with zero attached hydrogens (tertiary/aromatic N) is 2. The average Bonchev–Trinajstić information content (AvgIpc) is 3.12. The van der Waals surface area contributed by atoms with E-state index in [0.717, 1.165) is 20.8 Å². The highest BCUT2D eigenvalue weighted by molar-refractivity contribution is 7.92. The van der Waals surface area contributed by atoms with Crippen molar-refractivity contribution in [1.82, 2.24) is 9.46 Å². The predicted octanol–water partition coefficient (Wildman–Crippen LogP) is 3.42. The van der Waals surface area contributed by atoms with Crippen LogP contribution in [-0.2, 0) is 21.4 Å². The molecular formula is C21H21N3O4S. The van der Waals surface area contributed by atoms with E-state index >= 15 is 0 Å².